The van der Waals surface area contributed by atoms with E-state index < -0.39 is 0 Å². The summed E-state index contributed by atoms with van der Waals surface area (Å²) in [5, 5.41) is 3.63. The maximum Gasteiger partial charge on any atom is 0.0594 e. The zero-order valence-corrected chi connectivity index (χ0v) is 12.8. The summed E-state index contributed by atoms with van der Waals surface area (Å²) in [5.74, 6) is 0.703. The van der Waals surface area contributed by atoms with E-state index in [4.69, 9.17) is 4.74 Å². The Balaban J connectivity index is 2.18. The largest absolute Gasteiger partial charge is 0.379 e. The fraction of sp³-hybridized carbons (Fsp3) is 1.00. The fourth-order valence-electron chi connectivity index (χ4n) is 2.24. The van der Waals surface area contributed by atoms with Crippen LogP contribution in [0.25, 0.3) is 0 Å². The minimum Gasteiger partial charge on any atom is -0.379 e. The molecule has 4 heteroatoms. The van der Waals surface area contributed by atoms with Crippen LogP contribution in [0.4, 0.5) is 0 Å². The third-order valence-electron chi connectivity index (χ3n) is 3.74. The van der Waals surface area contributed by atoms with Crippen LogP contribution in [0.1, 0.15) is 20.8 Å². The molecule has 4 nitrogen and oxygen atoms in total. The van der Waals surface area contributed by atoms with Gasteiger partial charge in [0, 0.05) is 38.3 Å². The van der Waals surface area contributed by atoms with Crippen molar-refractivity contribution in [1.82, 2.24) is 15.1 Å². The zero-order chi connectivity index (χ0) is 13.5. The molecule has 1 heterocycles. The van der Waals surface area contributed by atoms with Crippen LogP contribution in [-0.4, -0.2) is 75.4 Å². The summed E-state index contributed by atoms with van der Waals surface area (Å²) in [4.78, 5) is 4.71. The molecule has 108 valence electrons. The Morgan fingerprint density at radius 1 is 1.33 bits per heavy atom. The Labute approximate surface area is 113 Å². The van der Waals surface area contributed by atoms with Crippen molar-refractivity contribution in [2.24, 2.45) is 5.92 Å². The van der Waals surface area contributed by atoms with Crippen LogP contribution in [0, 0.1) is 5.92 Å². The van der Waals surface area contributed by atoms with E-state index in [0.29, 0.717) is 18.0 Å². The minimum absolute atomic E-state index is 0.623. The number of hydrogen-bond donors (Lipinski definition) is 1. The van der Waals surface area contributed by atoms with Gasteiger partial charge in [0.25, 0.3) is 0 Å². The second kappa shape index (κ2) is 8.10. The maximum absolute atomic E-state index is 5.69. The van der Waals surface area contributed by atoms with E-state index >= 15 is 0 Å². The number of ether oxygens (including phenoxy) is 1. The monoisotopic (exact) mass is 257 g/mol. The van der Waals surface area contributed by atoms with Crippen molar-refractivity contribution in [3.8, 4) is 0 Å². The molecule has 0 saturated carbocycles. The Bertz CT molecular complexity index is 221. The van der Waals surface area contributed by atoms with Gasteiger partial charge in [-0.1, -0.05) is 13.8 Å². The summed E-state index contributed by atoms with van der Waals surface area (Å²) < 4.78 is 5.69. The number of hydrogen-bond acceptors (Lipinski definition) is 4. The molecule has 0 aromatic heterocycles. The SMILES string of the molecule is CC(C)C1CN(CCOCCN(C)C)C(C)CN1. The van der Waals surface area contributed by atoms with Gasteiger partial charge >= 0.3 is 0 Å². The highest BCUT2D eigenvalue weighted by Crippen LogP contribution is 2.12. The molecule has 0 amide bonds. The van der Waals surface area contributed by atoms with Crippen molar-refractivity contribution < 1.29 is 4.74 Å². The van der Waals surface area contributed by atoms with Gasteiger partial charge in [0.2, 0.25) is 0 Å². The Morgan fingerprint density at radius 3 is 2.67 bits per heavy atom. The van der Waals surface area contributed by atoms with E-state index in [1.54, 1.807) is 0 Å². The molecule has 18 heavy (non-hydrogen) atoms. The first-order valence-electron chi connectivity index (χ1n) is 7.20. The number of likely N-dealkylation sites (N-methyl/N-ethyl adjacent to an activating group) is 1. The fourth-order valence-corrected chi connectivity index (χ4v) is 2.24. The average Bonchev–Trinajstić information content (AvgIpc) is 2.30. The van der Waals surface area contributed by atoms with Crippen LogP contribution in [0.3, 0.4) is 0 Å². The van der Waals surface area contributed by atoms with E-state index in [9.17, 15) is 0 Å². The van der Waals surface area contributed by atoms with Crippen LogP contribution < -0.4 is 5.32 Å². The van der Waals surface area contributed by atoms with Gasteiger partial charge in [0.05, 0.1) is 13.2 Å². The third kappa shape index (κ3) is 5.65. The molecule has 0 radical (unpaired) electrons. The molecule has 1 N–H and O–H groups in total. The van der Waals surface area contributed by atoms with Gasteiger partial charge in [0.15, 0.2) is 0 Å². The summed E-state index contributed by atoms with van der Waals surface area (Å²) >= 11 is 0. The highest BCUT2D eigenvalue weighted by molar-refractivity contribution is 4.85. The maximum atomic E-state index is 5.69. The first kappa shape index (κ1) is 15.9. The Kier molecular flexibility index (Phi) is 7.15. The molecule has 0 aliphatic carbocycles. The van der Waals surface area contributed by atoms with Gasteiger partial charge in [0.1, 0.15) is 0 Å². The van der Waals surface area contributed by atoms with E-state index in [1.165, 1.54) is 0 Å². The molecule has 0 spiro atoms. The molecular weight excluding hydrogens is 226 g/mol. The lowest BCUT2D eigenvalue weighted by Crippen LogP contribution is -2.57. The lowest BCUT2D eigenvalue weighted by atomic mass is 10.00. The van der Waals surface area contributed by atoms with Gasteiger partial charge < -0.3 is 15.0 Å². The molecule has 2 atom stereocenters. The number of nitrogens with one attached hydrogen (secondary N) is 1. The van der Waals surface area contributed by atoms with Gasteiger partial charge in [-0.3, -0.25) is 4.90 Å². The number of rotatable bonds is 7. The standard InChI is InChI=1S/C14H31N3O/c1-12(2)14-11-17(13(3)10-15-14)7-9-18-8-6-16(4)5/h12-15H,6-11H2,1-5H3. The normalized spacial score (nSPS) is 26.2. The first-order valence-corrected chi connectivity index (χ1v) is 7.20. The summed E-state index contributed by atoms with van der Waals surface area (Å²) in [6.07, 6.45) is 0. The minimum atomic E-state index is 0.623. The van der Waals surface area contributed by atoms with Crippen LogP contribution in [-0.2, 0) is 4.74 Å². The summed E-state index contributed by atoms with van der Waals surface area (Å²) in [7, 11) is 4.16. The molecule has 1 fully saturated rings. The number of piperazine rings is 1. The molecule has 1 aliphatic rings. The smallest absolute Gasteiger partial charge is 0.0594 e. The van der Waals surface area contributed by atoms with Crippen molar-refractivity contribution in [2.45, 2.75) is 32.9 Å². The molecule has 1 rings (SSSR count). The van der Waals surface area contributed by atoms with E-state index in [-0.39, 0.29) is 0 Å². The van der Waals surface area contributed by atoms with Crippen molar-refractivity contribution in [3.05, 3.63) is 0 Å². The van der Waals surface area contributed by atoms with Crippen LogP contribution >= 0.6 is 0 Å². The van der Waals surface area contributed by atoms with Crippen molar-refractivity contribution in [1.29, 1.82) is 0 Å². The summed E-state index contributed by atoms with van der Waals surface area (Å²) in [5.41, 5.74) is 0. The Morgan fingerprint density at radius 2 is 2.06 bits per heavy atom. The molecule has 1 aliphatic heterocycles. The molecule has 0 bridgehead atoms. The van der Waals surface area contributed by atoms with Crippen molar-refractivity contribution in [3.63, 3.8) is 0 Å². The molecule has 0 aromatic rings. The second-order valence-electron chi connectivity index (χ2n) is 6.02. The van der Waals surface area contributed by atoms with Crippen molar-refractivity contribution in [2.75, 3.05) is 53.5 Å². The highest BCUT2D eigenvalue weighted by Gasteiger charge is 2.26. The topological polar surface area (TPSA) is 27.7 Å². The molecule has 0 aromatic carbocycles. The molecular formula is C14H31N3O. The van der Waals surface area contributed by atoms with Gasteiger partial charge in [-0.15, -0.1) is 0 Å². The van der Waals surface area contributed by atoms with Crippen LogP contribution in [0.15, 0.2) is 0 Å². The van der Waals surface area contributed by atoms with Gasteiger partial charge in [-0.25, -0.2) is 0 Å². The quantitative estimate of drug-likeness (QED) is 0.685. The second-order valence-corrected chi connectivity index (χ2v) is 6.02. The van der Waals surface area contributed by atoms with E-state index in [1.807, 2.05) is 0 Å². The highest BCUT2D eigenvalue weighted by atomic mass is 16.5. The summed E-state index contributed by atoms with van der Waals surface area (Å²) in [6.45, 7) is 12.9. The van der Waals surface area contributed by atoms with E-state index in [0.717, 1.165) is 39.4 Å². The first-order chi connectivity index (χ1) is 8.50. The predicted octanol–water partition coefficient (Wildman–Crippen LogP) is 0.883. The number of nitrogens with zero attached hydrogens (tertiary/aromatic N) is 2. The van der Waals surface area contributed by atoms with Crippen LogP contribution in [0.2, 0.25) is 0 Å². The predicted molar refractivity (Wildman–Crippen MR) is 77.0 cm³/mol. The lowest BCUT2D eigenvalue weighted by molar-refractivity contribution is 0.0588. The zero-order valence-electron chi connectivity index (χ0n) is 12.8. The third-order valence-corrected chi connectivity index (χ3v) is 3.74. The average molecular weight is 257 g/mol. The van der Waals surface area contributed by atoms with Crippen molar-refractivity contribution >= 4 is 0 Å². The van der Waals surface area contributed by atoms with Crippen LogP contribution in [0.5, 0.6) is 0 Å². The van der Waals surface area contributed by atoms with Gasteiger partial charge in [-0.2, -0.15) is 0 Å². The summed E-state index contributed by atoms with van der Waals surface area (Å²) in [6, 6.07) is 1.25. The lowest BCUT2D eigenvalue weighted by Gasteiger charge is -2.40. The van der Waals surface area contributed by atoms with Gasteiger partial charge in [-0.05, 0) is 26.9 Å². The molecule has 1 saturated heterocycles. The molecule has 2 unspecified atom stereocenters. The van der Waals surface area contributed by atoms with E-state index in [2.05, 4.69) is 50.0 Å². The Hall–Kier alpha value is -0.160.